The van der Waals surface area contributed by atoms with Crippen LogP contribution >= 0.6 is 11.6 Å². The highest BCUT2D eigenvalue weighted by Gasteiger charge is 2.30. The first-order chi connectivity index (χ1) is 20.4. The Hall–Kier alpha value is -4.22. The fraction of sp³-hybridized carbons (Fsp3) is 0.290. The van der Waals surface area contributed by atoms with Crippen molar-refractivity contribution >= 4 is 45.8 Å². The number of rotatable bonds is 8. The number of carbonyl (C=O) groups excluding carboxylic acids is 2. The van der Waals surface area contributed by atoms with Gasteiger partial charge in [-0.2, -0.15) is 13.2 Å². The molecule has 224 valence electrons. The lowest BCUT2D eigenvalue weighted by molar-refractivity contribution is -0.137. The van der Waals surface area contributed by atoms with Crippen molar-refractivity contribution in [3.05, 3.63) is 82.4 Å². The van der Waals surface area contributed by atoms with Crippen molar-refractivity contribution in [1.29, 1.82) is 0 Å². The molecule has 0 spiro atoms. The van der Waals surface area contributed by atoms with Crippen molar-refractivity contribution in [3.8, 4) is 11.4 Å². The van der Waals surface area contributed by atoms with E-state index in [2.05, 4.69) is 25.5 Å². The zero-order valence-corrected chi connectivity index (χ0v) is 24.2. The second kappa shape index (κ2) is 11.8. The maximum atomic E-state index is 13.3. The Kier molecular flexibility index (Phi) is 8.31. The second-order valence-electron chi connectivity index (χ2n) is 11.0. The van der Waals surface area contributed by atoms with Gasteiger partial charge in [0.25, 0.3) is 5.91 Å². The van der Waals surface area contributed by atoms with Gasteiger partial charge >= 0.3 is 6.18 Å². The van der Waals surface area contributed by atoms with Crippen LogP contribution in [0.2, 0.25) is 5.02 Å². The minimum absolute atomic E-state index is 0.138. The van der Waals surface area contributed by atoms with Crippen LogP contribution in [-0.2, 0) is 17.5 Å². The number of hydrogen-bond donors (Lipinski definition) is 3. The maximum Gasteiger partial charge on any atom is 0.416 e. The quantitative estimate of drug-likeness (QED) is 0.223. The van der Waals surface area contributed by atoms with Crippen molar-refractivity contribution in [2.75, 3.05) is 29.9 Å². The molecule has 0 unspecified atom stereocenters. The van der Waals surface area contributed by atoms with E-state index in [4.69, 9.17) is 11.6 Å². The van der Waals surface area contributed by atoms with E-state index in [1.807, 2.05) is 0 Å². The zero-order valence-electron chi connectivity index (χ0n) is 23.4. The monoisotopic (exact) mass is 611 g/mol. The Morgan fingerprint density at radius 3 is 2.35 bits per heavy atom. The number of halogens is 4. The van der Waals surface area contributed by atoms with Gasteiger partial charge in [-0.15, -0.1) is 0 Å². The first-order valence-electron chi connectivity index (χ1n) is 13.6. The van der Waals surface area contributed by atoms with Gasteiger partial charge in [-0.1, -0.05) is 29.8 Å². The van der Waals surface area contributed by atoms with Gasteiger partial charge < -0.3 is 20.6 Å². The Labute approximate surface area is 250 Å². The topological polar surface area (TPSA) is 107 Å². The third-order valence-electron chi connectivity index (χ3n) is 7.30. The number of carbonyl (C=O) groups is 2. The number of aromatic nitrogens is 2. The number of benzene rings is 3. The molecular weight excluding hydrogens is 583 g/mol. The van der Waals surface area contributed by atoms with Gasteiger partial charge in [-0.3, -0.25) is 9.59 Å². The van der Waals surface area contributed by atoms with E-state index in [1.54, 1.807) is 50.2 Å². The van der Waals surface area contributed by atoms with E-state index in [9.17, 15) is 27.9 Å². The fourth-order valence-electron chi connectivity index (χ4n) is 4.45. The molecule has 5 rings (SSSR count). The molecule has 1 fully saturated rings. The number of anilines is 2. The molecule has 4 aromatic rings. The van der Waals surface area contributed by atoms with Crippen LogP contribution in [0.25, 0.3) is 22.3 Å². The van der Waals surface area contributed by atoms with Gasteiger partial charge in [-0.05, 0) is 68.3 Å². The molecule has 1 aliphatic heterocycles. The van der Waals surface area contributed by atoms with E-state index in [0.717, 1.165) is 37.0 Å². The lowest BCUT2D eigenvalue weighted by atomic mass is 9.93. The van der Waals surface area contributed by atoms with Crippen LogP contribution in [0.15, 0.2) is 60.7 Å². The van der Waals surface area contributed by atoms with Crippen LogP contribution in [0.3, 0.4) is 0 Å². The molecule has 0 bridgehead atoms. The van der Waals surface area contributed by atoms with Crippen LogP contribution < -0.4 is 15.5 Å². The van der Waals surface area contributed by atoms with Crippen LogP contribution in [0, 0.1) is 5.41 Å². The average Bonchev–Trinajstić information content (AvgIpc) is 2.95. The highest BCUT2D eigenvalue weighted by molar-refractivity contribution is 6.34. The van der Waals surface area contributed by atoms with Gasteiger partial charge in [-0.25, -0.2) is 9.97 Å². The predicted molar refractivity (Wildman–Crippen MR) is 159 cm³/mol. The van der Waals surface area contributed by atoms with Gasteiger partial charge in [0.1, 0.15) is 5.82 Å². The number of nitrogens with one attached hydrogen (secondary N) is 2. The number of hydrogen-bond acceptors (Lipinski definition) is 6. The molecule has 1 aromatic heterocycles. The van der Waals surface area contributed by atoms with E-state index in [0.29, 0.717) is 28.1 Å². The third-order valence-corrected chi connectivity index (χ3v) is 7.63. The molecule has 2 amide bonds. The SMILES string of the molecule is CC(C)(CO)C(=O)NCc1ccc(Cl)c(C(=O)Nc2ccc3c(N4CCC4)nc(-c4ccc(C(F)(F)F)cc4)nc3c2)c1. The summed E-state index contributed by atoms with van der Waals surface area (Å²) in [6, 6.07) is 14.7. The summed E-state index contributed by atoms with van der Waals surface area (Å²) in [5.41, 5.74) is 0.511. The average molecular weight is 612 g/mol. The van der Waals surface area contributed by atoms with Crippen molar-refractivity contribution < 1.29 is 27.9 Å². The minimum atomic E-state index is -4.45. The molecular formula is C31H29ClF3N5O3. The standard InChI is InChI=1S/C31H29ClF3N5O3/c1-30(2,17-41)29(43)36-16-18-4-11-24(32)23(14-18)28(42)37-21-9-10-22-25(15-21)38-26(39-27(22)40-12-3-13-40)19-5-7-20(8-6-19)31(33,34)35/h4-11,14-15,41H,3,12-13,16-17H2,1-2H3,(H,36,43)(H,37,42). The number of amides is 2. The zero-order chi connectivity index (χ0) is 30.9. The van der Waals surface area contributed by atoms with Crippen molar-refractivity contribution in [2.24, 2.45) is 5.41 Å². The molecule has 0 saturated carbocycles. The Morgan fingerprint density at radius 2 is 1.72 bits per heavy atom. The highest BCUT2D eigenvalue weighted by atomic mass is 35.5. The summed E-state index contributed by atoms with van der Waals surface area (Å²) in [7, 11) is 0. The summed E-state index contributed by atoms with van der Waals surface area (Å²) in [4.78, 5) is 37.0. The molecule has 3 aromatic carbocycles. The molecule has 1 saturated heterocycles. The smallest absolute Gasteiger partial charge is 0.395 e. The maximum absolute atomic E-state index is 13.3. The Morgan fingerprint density at radius 1 is 1.00 bits per heavy atom. The second-order valence-corrected chi connectivity index (χ2v) is 11.4. The first-order valence-corrected chi connectivity index (χ1v) is 14.0. The summed E-state index contributed by atoms with van der Waals surface area (Å²) in [5.74, 6) is 0.135. The third kappa shape index (κ3) is 6.57. The van der Waals surface area contributed by atoms with Crippen molar-refractivity contribution in [1.82, 2.24) is 15.3 Å². The predicted octanol–water partition coefficient (Wildman–Crippen LogP) is 6.07. The van der Waals surface area contributed by atoms with Crippen LogP contribution in [-0.4, -0.2) is 46.6 Å². The summed E-state index contributed by atoms with van der Waals surface area (Å²) in [5, 5.41) is 16.0. The first kappa shape index (κ1) is 30.2. The molecule has 12 heteroatoms. The number of nitrogens with zero attached hydrogens (tertiary/aromatic N) is 3. The molecule has 0 radical (unpaired) electrons. The van der Waals surface area contributed by atoms with Gasteiger partial charge in [0.2, 0.25) is 5.91 Å². The lowest BCUT2D eigenvalue weighted by Gasteiger charge is -2.33. The summed E-state index contributed by atoms with van der Waals surface area (Å²) >= 11 is 6.34. The van der Waals surface area contributed by atoms with Crippen LogP contribution in [0.4, 0.5) is 24.7 Å². The molecule has 0 atom stereocenters. The molecule has 2 heterocycles. The summed E-state index contributed by atoms with van der Waals surface area (Å²) < 4.78 is 39.3. The minimum Gasteiger partial charge on any atom is -0.395 e. The van der Waals surface area contributed by atoms with Crippen molar-refractivity contribution in [2.45, 2.75) is 33.0 Å². The molecule has 8 nitrogen and oxygen atoms in total. The highest BCUT2D eigenvalue weighted by Crippen LogP contribution is 2.34. The van der Waals surface area contributed by atoms with E-state index < -0.39 is 23.1 Å². The summed E-state index contributed by atoms with van der Waals surface area (Å²) in [6.45, 7) is 4.66. The molecule has 1 aliphatic rings. The van der Waals surface area contributed by atoms with E-state index in [1.165, 1.54) is 12.1 Å². The molecule has 0 aliphatic carbocycles. The Balaban J connectivity index is 1.41. The number of fused-ring (bicyclic) bond motifs is 1. The van der Waals surface area contributed by atoms with E-state index >= 15 is 0 Å². The van der Waals surface area contributed by atoms with E-state index in [-0.39, 0.29) is 35.5 Å². The Bertz CT molecular complexity index is 1690. The van der Waals surface area contributed by atoms with Crippen molar-refractivity contribution in [3.63, 3.8) is 0 Å². The molecule has 3 N–H and O–H groups in total. The van der Waals surface area contributed by atoms with Gasteiger partial charge in [0, 0.05) is 36.3 Å². The lowest BCUT2D eigenvalue weighted by Crippen LogP contribution is -2.38. The van der Waals surface area contributed by atoms with Gasteiger partial charge in [0.05, 0.1) is 33.7 Å². The number of aliphatic hydroxyl groups is 1. The number of aliphatic hydroxyl groups excluding tert-OH is 1. The molecule has 43 heavy (non-hydrogen) atoms. The van der Waals surface area contributed by atoms with Gasteiger partial charge in [0.15, 0.2) is 5.82 Å². The number of alkyl halides is 3. The summed E-state index contributed by atoms with van der Waals surface area (Å²) in [6.07, 6.45) is -3.45. The normalized spacial score (nSPS) is 13.5. The fourth-order valence-corrected chi connectivity index (χ4v) is 4.65. The van der Waals surface area contributed by atoms with Crippen LogP contribution in [0.5, 0.6) is 0 Å². The van der Waals surface area contributed by atoms with Crippen LogP contribution in [0.1, 0.15) is 41.8 Å². The largest absolute Gasteiger partial charge is 0.416 e.